The minimum absolute atomic E-state index is 0.0733. The van der Waals surface area contributed by atoms with Crippen LogP contribution in [0.1, 0.15) is 30.9 Å². The molecule has 0 bridgehead atoms. The van der Waals surface area contributed by atoms with Crippen LogP contribution < -0.4 is 10.5 Å². The number of hydrogen-bond acceptors (Lipinski definition) is 2. The van der Waals surface area contributed by atoms with E-state index in [9.17, 15) is 4.39 Å². The number of nitrogens with two attached hydrogens (primary N) is 1. The Morgan fingerprint density at radius 1 is 1.38 bits per heavy atom. The van der Waals surface area contributed by atoms with Crippen molar-refractivity contribution >= 4 is 0 Å². The molecule has 0 atom stereocenters. The quantitative estimate of drug-likeness (QED) is 0.850. The van der Waals surface area contributed by atoms with Gasteiger partial charge in [-0.05, 0) is 42.9 Å². The SMILES string of the molecule is CCc1cc(CC2(N)CC2)c(OC)cc1F. The maximum absolute atomic E-state index is 13.6. The first kappa shape index (κ1) is 11.4. The lowest BCUT2D eigenvalue weighted by Crippen LogP contribution is -2.24. The summed E-state index contributed by atoms with van der Waals surface area (Å²) < 4.78 is 18.8. The Balaban J connectivity index is 2.33. The zero-order valence-corrected chi connectivity index (χ0v) is 9.85. The second-order valence-electron chi connectivity index (χ2n) is 4.65. The second kappa shape index (κ2) is 4.06. The first-order chi connectivity index (χ1) is 7.58. The molecule has 1 fully saturated rings. The van der Waals surface area contributed by atoms with E-state index in [-0.39, 0.29) is 11.4 Å². The molecule has 1 aromatic rings. The van der Waals surface area contributed by atoms with Crippen molar-refractivity contribution in [3.8, 4) is 5.75 Å². The molecule has 0 unspecified atom stereocenters. The van der Waals surface area contributed by atoms with E-state index in [1.54, 1.807) is 7.11 Å². The van der Waals surface area contributed by atoms with Crippen molar-refractivity contribution in [3.05, 3.63) is 29.1 Å². The molecule has 2 nitrogen and oxygen atoms in total. The molecule has 0 amide bonds. The molecule has 2 rings (SSSR count). The lowest BCUT2D eigenvalue weighted by molar-refractivity contribution is 0.403. The Labute approximate surface area is 95.6 Å². The number of aryl methyl sites for hydroxylation is 1. The Hall–Kier alpha value is -1.09. The van der Waals surface area contributed by atoms with Crippen molar-refractivity contribution in [2.75, 3.05) is 7.11 Å². The summed E-state index contributed by atoms with van der Waals surface area (Å²) in [5.74, 6) is 0.427. The zero-order valence-electron chi connectivity index (χ0n) is 9.85. The number of ether oxygens (including phenoxy) is 1. The molecule has 0 saturated heterocycles. The monoisotopic (exact) mass is 223 g/mol. The molecule has 1 aromatic carbocycles. The summed E-state index contributed by atoms with van der Waals surface area (Å²) in [4.78, 5) is 0. The maximum atomic E-state index is 13.6. The number of benzene rings is 1. The molecule has 1 aliphatic carbocycles. The van der Waals surface area contributed by atoms with Crippen molar-refractivity contribution in [1.82, 2.24) is 0 Å². The fourth-order valence-electron chi connectivity index (χ4n) is 1.97. The van der Waals surface area contributed by atoms with E-state index >= 15 is 0 Å². The highest BCUT2D eigenvalue weighted by Crippen LogP contribution is 2.38. The third-order valence-corrected chi connectivity index (χ3v) is 3.27. The molecule has 88 valence electrons. The van der Waals surface area contributed by atoms with Crippen molar-refractivity contribution in [1.29, 1.82) is 0 Å². The van der Waals surface area contributed by atoms with E-state index in [0.717, 1.165) is 30.4 Å². The van der Waals surface area contributed by atoms with Crippen LogP contribution in [0.5, 0.6) is 5.75 Å². The van der Waals surface area contributed by atoms with Gasteiger partial charge in [0.2, 0.25) is 0 Å². The highest BCUT2D eigenvalue weighted by atomic mass is 19.1. The van der Waals surface area contributed by atoms with Gasteiger partial charge in [-0.3, -0.25) is 0 Å². The van der Waals surface area contributed by atoms with E-state index in [0.29, 0.717) is 12.2 Å². The van der Waals surface area contributed by atoms with E-state index < -0.39 is 0 Å². The molecule has 3 heteroatoms. The molecule has 16 heavy (non-hydrogen) atoms. The number of halogens is 1. The topological polar surface area (TPSA) is 35.2 Å². The average molecular weight is 223 g/mol. The van der Waals surface area contributed by atoms with Crippen molar-refractivity contribution in [2.24, 2.45) is 5.73 Å². The predicted molar refractivity (Wildman–Crippen MR) is 62.2 cm³/mol. The summed E-state index contributed by atoms with van der Waals surface area (Å²) in [6.45, 7) is 1.95. The molecule has 0 heterocycles. The van der Waals surface area contributed by atoms with Gasteiger partial charge in [-0.15, -0.1) is 0 Å². The first-order valence-corrected chi connectivity index (χ1v) is 5.72. The summed E-state index contributed by atoms with van der Waals surface area (Å²) in [7, 11) is 1.57. The molecule has 0 aliphatic heterocycles. The van der Waals surface area contributed by atoms with E-state index in [1.165, 1.54) is 6.07 Å². The van der Waals surface area contributed by atoms with Crippen LogP contribution in [0.2, 0.25) is 0 Å². The molecular weight excluding hydrogens is 205 g/mol. The van der Waals surface area contributed by atoms with Crippen molar-refractivity contribution in [3.63, 3.8) is 0 Å². The lowest BCUT2D eigenvalue weighted by Gasteiger charge is -2.14. The Kier molecular flexibility index (Phi) is 2.89. The minimum atomic E-state index is -0.190. The highest BCUT2D eigenvalue weighted by Gasteiger charge is 2.38. The van der Waals surface area contributed by atoms with Crippen LogP contribution in [0.3, 0.4) is 0 Å². The van der Waals surface area contributed by atoms with Gasteiger partial charge in [-0.2, -0.15) is 0 Å². The third-order valence-electron chi connectivity index (χ3n) is 3.27. The molecular formula is C13H18FNO. The fraction of sp³-hybridized carbons (Fsp3) is 0.538. The van der Waals surface area contributed by atoms with Gasteiger partial charge < -0.3 is 10.5 Å². The third kappa shape index (κ3) is 2.19. The molecule has 0 aromatic heterocycles. The van der Waals surface area contributed by atoms with Gasteiger partial charge in [-0.25, -0.2) is 4.39 Å². The predicted octanol–water partition coefficient (Wildman–Crippen LogP) is 2.43. The van der Waals surface area contributed by atoms with Crippen LogP contribution in [-0.4, -0.2) is 12.6 Å². The zero-order chi connectivity index (χ0) is 11.8. The van der Waals surface area contributed by atoms with E-state index in [1.807, 2.05) is 13.0 Å². The van der Waals surface area contributed by atoms with Gasteiger partial charge in [0.05, 0.1) is 7.11 Å². The average Bonchev–Trinajstić information content (AvgIpc) is 2.98. The number of hydrogen-bond donors (Lipinski definition) is 1. The maximum Gasteiger partial charge on any atom is 0.130 e. The normalized spacial score (nSPS) is 17.2. The van der Waals surface area contributed by atoms with Crippen LogP contribution in [0.25, 0.3) is 0 Å². The van der Waals surface area contributed by atoms with Gasteiger partial charge in [0.25, 0.3) is 0 Å². The molecule has 0 spiro atoms. The molecule has 2 N–H and O–H groups in total. The number of methoxy groups -OCH3 is 1. The summed E-state index contributed by atoms with van der Waals surface area (Å²) in [6.07, 6.45) is 3.58. The lowest BCUT2D eigenvalue weighted by atomic mass is 10.00. The van der Waals surface area contributed by atoms with Gasteiger partial charge in [-0.1, -0.05) is 6.92 Å². The summed E-state index contributed by atoms with van der Waals surface area (Å²) in [5, 5.41) is 0. The smallest absolute Gasteiger partial charge is 0.130 e. The van der Waals surface area contributed by atoms with Crippen molar-refractivity contribution in [2.45, 2.75) is 38.1 Å². The summed E-state index contributed by atoms with van der Waals surface area (Å²) in [6, 6.07) is 3.36. The van der Waals surface area contributed by atoms with E-state index in [4.69, 9.17) is 10.5 Å². The summed E-state index contributed by atoms with van der Waals surface area (Å²) >= 11 is 0. The highest BCUT2D eigenvalue weighted by molar-refractivity contribution is 5.40. The summed E-state index contributed by atoms with van der Waals surface area (Å²) in [5.41, 5.74) is 7.77. The second-order valence-corrected chi connectivity index (χ2v) is 4.65. The largest absolute Gasteiger partial charge is 0.496 e. The van der Waals surface area contributed by atoms with E-state index in [2.05, 4.69) is 0 Å². The fourth-order valence-corrected chi connectivity index (χ4v) is 1.97. The Morgan fingerprint density at radius 3 is 2.56 bits per heavy atom. The molecule has 0 radical (unpaired) electrons. The first-order valence-electron chi connectivity index (χ1n) is 5.72. The van der Waals surface area contributed by atoms with Crippen LogP contribution in [0.15, 0.2) is 12.1 Å². The van der Waals surface area contributed by atoms with Gasteiger partial charge >= 0.3 is 0 Å². The molecule has 1 saturated carbocycles. The Morgan fingerprint density at radius 2 is 2.06 bits per heavy atom. The van der Waals surface area contributed by atoms with Crippen LogP contribution in [-0.2, 0) is 12.8 Å². The minimum Gasteiger partial charge on any atom is -0.496 e. The number of rotatable bonds is 4. The van der Waals surface area contributed by atoms with Crippen LogP contribution >= 0.6 is 0 Å². The van der Waals surface area contributed by atoms with Gasteiger partial charge in [0, 0.05) is 11.6 Å². The van der Waals surface area contributed by atoms with Crippen LogP contribution in [0.4, 0.5) is 4.39 Å². The van der Waals surface area contributed by atoms with Crippen molar-refractivity contribution < 1.29 is 9.13 Å². The van der Waals surface area contributed by atoms with Gasteiger partial charge in [0.15, 0.2) is 0 Å². The van der Waals surface area contributed by atoms with Crippen LogP contribution in [0, 0.1) is 5.82 Å². The standard InChI is InChI=1S/C13H18FNO/c1-3-9-6-10(8-13(15)4-5-13)12(16-2)7-11(9)14/h6-7H,3-5,8,15H2,1-2H3. The Bertz CT molecular complexity index is 399. The molecule has 1 aliphatic rings. The van der Waals surface area contributed by atoms with Gasteiger partial charge in [0.1, 0.15) is 11.6 Å².